The quantitative estimate of drug-likeness (QED) is 0.214. The minimum absolute atomic E-state index is 0.00217. The Morgan fingerprint density at radius 2 is 1.63 bits per heavy atom. The lowest BCUT2D eigenvalue weighted by atomic mass is 9.74. The average molecular weight is 577 g/mol. The predicted octanol–water partition coefficient (Wildman–Crippen LogP) is 10.4. The van der Waals surface area contributed by atoms with Crippen LogP contribution in [0.5, 0.6) is 0 Å². The lowest BCUT2D eigenvalue weighted by molar-refractivity contribution is 0.354. The first-order valence-corrected chi connectivity index (χ1v) is 15.4. The zero-order chi connectivity index (χ0) is 29.8. The molecule has 0 saturated heterocycles. The third-order valence-corrected chi connectivity index (χ3v) is 8.93. The minimum Gasteiger partial charge on any atom is -0.314 e. The van der Waals surface area contributed by atoms with Gasteiger partial charge in [0.1, 0.15) is 22.7 Å². The summed E-state index contributed by atoms with van der Waals surface area (Å²) in [6.07, 6.45) is 16.4. The number of aromatic nitrogens is 1. The van der Waals surface area contributed by atoms with Crippen molar-refractivity contribution in [3.8, 4) is 22.7 Å². The van der Waals surface area contributed by atoms with Crippen molar-refractivity contribution in [3.05, 3.63) is 131 Å². The summed E-state index contributed by atoms with van der Waals surface area (Å²) in [5.74, 6) is 0. The van der Waals surface area contributed by atoms with E-state index in [1.807, 2.05) is 12.1 Å². The summed E-state index contributed by atoms with van der Waals surface area (Å²) in [7, 11) is 0. The summed E-state index contributed by atoms with van der Waals surface area (Å²) in [6, 6.07) is 29.8. The molecule has 5 heteroatoms. The number of allylic oxidation sites excluding steroid dienone is 9. The van der Waals surface area contributed by atoms with Crippen molar-refractivity contribution in [2.75, 3.05) is 4.90 Å². The average Bonchev–Trinajstić information content (AvgIpc) is 3.46. The van der Waals surface area contributed by atoms with Gasteiger partial charge in [-0.05, 0) is 102 Å². The van der Waals surface area contributed by atoms with Crippen molar-refractivity contribution in [1.29, 1.82) is 10.5 Å². The van der Waals surface area contributed by atoms with Crippen molar-refractivity contribution in [1.82, 2.24) is 4.98 Å². The number of hydrogen-bond donors (Lipinski definition) is 0. The molecule has 2 aliphatic carbocycles. The molecule has 0 bridgehead atoms. The second kappa shape index (κ2) is 12.1. The molecule has 0 saturated carbocycles. The number of thiazole rings is 1. The van der Waals surface area contributed by atoms with Gasteiger partial charge in [0.05, 0.1) is 10.2 Å². The number of fused-ring (bicyclic) bond motifs is 1. The Balaban J connectivity index is 1.27. The maximum atomic E-state index is 9.39. The van der Waals surface area contributed by atoms with Crippen LogP contribution in [0.15, 0.2) is 126 Å². The third-order valence-electron chi connectivity index (χ3n) is 7.84. The van der Waals surface area contributed by atoms with Crippen molar-refractivity contribution in [2.45, 2.75) is 39.5 Å². The van der Waals surface area contributed by atoms with Gasteiger partial charge in [0.25, 0.3) is 0 Å². The van der Waals surface area contributed by atoms with E-state index in [0.29, 0.717) is 0 Å². The molecule has 0 amide bonds. The fourth-order valence-electron chi connectivity index (χ4n) is 5.84. The second-order valence-electron chi connectivity index (χ2n) is 11.8. The van der Waals surface area contributed by atoms with E-state index < -0.39 is 0 Å². The Labute approximate surface area is 257 Å². The van der Waals surface area contributed by atoms with E-state index in [1.54, 1.807) is 11.3 Å². The van der Waals surface area contributed by atoms with Gasteiger partial charge in [0, 0.05) is 22.6 Å². The minimum atomic E-state index is -0.00217. The Morgan fingerprint density at radius 1 is 0.907 bits per heavy atom. The van der Waals surface area contributed by atoms with Gasteiger partial charge in [-0.15, -0.1) is 11.3 Å². The van der Waals surface area contributed by atoms with Gasteiger partial charge in [-0.1, -0.05) is 68.5 Å². The number of hydrogen-bond acceptors (Lipinski definition) is 5. The normalized spacial score (nSPS) is 16.0. The first-order chi connectivity index (χ1) is 20.9. The van der Waals surface area contributed by atoms with E-state index in [-0.39, 0.29) is 11.0 Å². The second-order valence-corrected chi connectivity index (χ2v) is 12.8. The molecule has 43 heavy (non-hydrogen) atoms. The van der Waals surface area contributed by atoms with Crippen LogP contribution in [0.25, 0.3) is 26.9 Å². The summed E-state index contributed by atoms with van der Waals surface area (Å²) in [4.78, 5) is 7.18. The van der Waals surface area contributed by atoms with Crippen molar-refractivity contribution >= 4 is 39.0 Å². The van der Waals surface area contributed by atoms with Gasteiger partial charge >= 0.3 is 0 Å². The van der Waals surface area contributed by atoms with E-state index in [0.717, 1.165) is 69.9 Å². The molecule has 0 atom stereocenters. The van der Waals surface area contributed by atoms with Gasteiger partial charge < -0.3 is 4.90 Å². The first kappa shape index (κ1) is 28.2. The Kier molecular flexibility index (Phi) is 7.93. The van der Waals surface area contributed by atoms with Crippen molar-refractivity contribution in [3.63, 3.8) is 0 Å². The Bertz CT molecular complexity index is 1850. The van der Waals surface area contributed by atoms with E-state index in [1.165, 1.54) is 10.4 Å². The van der Waals surface area contributed by atoms with E-state index >= 15 is 0 Å². The highest BCUT2D eigenvalue weighted by Gasteiger charge is 2.26. The highest BCUT2D eigenvalue weighted by Crippen LogP contribution is 2.40. The van der Waals surface area contributed by atoms with Crippen LogP contribution in [0.1, 0.15) is 45.1 Å². The topological polar surface area (TPSA) is 63.7 Å². The van der Waals surface area contributed by atoms with Crippen LogP contribution in [0.4, 0.5) is 11.4 Å². The highest BCUT2D eigenvalue weighted by molar-refractivity contribution is 7.21. The van der Waals surface area contributed by atoms with Gasteiger partial charge in [-0.3, -0.25) is 0 Å². The summed E-state index contributed by atoms with van der Waals surface area (Å²) in [5.41, 5.74) is 8.93. The fraction of sp³-hybridized carbons (Fsp3) is 0.184. The number of nitriles is 2. The van der Waals surface area contributed by atoms with E-state index in [4.69, 9.17) is 4.98 Å². The molecule has 1 aromatic heterocycles. The van der Waals surface area contributed by atoms with Gasteiger partial charge in [0.15, 0.2) is 0 Å². The Hall–Kier alpha value is -4.97. The summed E-state index contributed by atoms with van der Waals surface area (Å²) < 4.78 is 1.20. The van der Waals surface area contributed by atoms with Gasteiger partial charge in [-0.25, -0.2) is 4.98 Å². The largest absolute Gasteiger partial charge is 0.314 e. The molecule has 4 nitrogen and oxygen atoms in total. The van der Waals surface area contributed by atoms with Gasteiger partial charge in [0.2, 0.25) is 0 Å². The smallest absolute Gasteiger partial charge is 0.132 e. The molecule has 0 radical (unpaired) electrons. The molecule has 0 fully saturated rings. The van der Waals surface area contributed by atoms with Crippen molar-refractivity contribution in [2.24, 2.45) is 5.41 Å². The zero-order valence-electron chi connectivity index (χ0n) is 24.4. The number of nitrogens with zero attached hydrogens (tertiary/aromatic N) is 4. The maximum absolute atomic E-state index is 9.39. The predicted molar refractivity (Wildman–Crippen MR) is 178 cm³/mol. The SMILES string of the molecule is CC1(C)CC(C=Cc2ccc(N(C3=CC=CCC3)c3ccc(-c4nc5ccccc5s4)cc3)cc2)=CC(=C(C#N)C#N)C1. The van der Waals surface area contributed by atoms with Crippen LogP contribution in [0.3, 0.4) is 0 Å². The lowest BCUT2D eigenvalue weighted by Crippen LogP contribution is -2.17. The van der Waals surface area contributed by atoms with Crippen LogP contribution in [0.2, 0.25) is 0 Å². The standard InChI is InChI=1S/C38H32N4S/c1-38(2)23-28(22-30(24-38)31(25-39)26-40)13-12-27-14-18-33(19-15-27)42(32-8-4-3-5-9-32)34-20-16-29(17-21-34)37-41-35-10-6-7-11-36(35)43-37/h3-4,6-8,10-22H,5,9,23-24H2,1-2H3. The maximum Gasteiger partial charge on any atom is 0.132 e. The number of para-hydroxylation sites is 1. The van der Waals surface area contributed by atoms with E-state index in [2.05, 4.69) is 128 Å². The first-order valence-electron chi connectivity index (χ1n) is 14.6. The molecule has 0 unspecified atom stereocenters. The van der Waals surface area contributed by atoms with Crippen molar-refractivity contribution < 1.29 is 0 Å². The molecule has 4 aromatic rings. The monoisotopic (exact) mass is 576 g/mol. The molecule has 0 N–H and O–H groups in total. The van der Waals surface area contributed by atoms with Gasteiger partial charge in [-0.2, -0.15) is 10.5 Å². The number of rotatable bonds is 6. The van der Waals surface area contributed by atoms with E-state index in [9.17, 15) is 10.5 Å². The van der Waals surface area contributed by atoms with Crippen LogP contribution in [0, 0.1) is 28.1 Å². The number of benzene rings is 3. The molecule has 2 aliphatic rings. The number of anilines is 2. The lowest BCUT2D eigenvalue weighted by Gasteiger charge is -2.30. The molecule has 210 valence electrons. The fourth-order valence-corrected chi connectivity index (χ4v) is 6.81. The molecule has 1 heterocycles. The van der Waals surface area contributed by atoms with Crippen LogP contribution in [-0.2, 0) is 0 Å². The van der Waals surface area contributed by atoms with Crippen LogP contribution in [-0.4, -0.2) is 4.98 Å². The molecule has 3 aromatic carbocycles. The molecular weight excluding hydrogens is 545 g/mol. The zero-order valence-corrected chi connectivity index (χ0v) is 25.2. The van der Waals surface area contributed by atoms with Crippen LogP contribution < -0.4 is 4.90 Å². The highest BCUT2D eigenvalue weighted by atomic mass is 32.1. The molecular formula is C38H32N4S. The Morgan fingerprint density at radius 3 is 2.30 bits per heavy atom. The summed E-state index contributed by atoms with van der Waals surface area (Å²) in [5, 5.41) is 19.8. The van der Waals surface area contributed by atoms with Crippen LogP contribution >= 0.6 is 11.3 Å². The molecule has 6 rings (SSSR count). The third kappa shape index (κ3) is 6.28. The molecule has 0 aliphatic heterocycles. The summed E-state index contributed by atoms with van der Waals surface area (Å²) in [6.45, 7) is 4.37. The summed E-state index contributed by atoms with van der Waals surface area (Å²) >= 11 is 1.72. The molecule has 0 spiro atoms.